The van der Waals surface area contributed by atoms with Crippen LogP contribution in [0, 0.1) is 0 Å². The summed E-state index contributed by atoms with van der Waals surface area (Å²) in [6, 6.07) is 1.87. The quantitative estimate of drug-likeness (QED) is 0.797. The lowest BCUT2D eigenvalue weighted by molar-refractivity contribution is -0.131. The molecule has 11 heavy (non-hydrogen) atoms. The zero-order valence-electron chi connectivity index (χ0n) is 5.45. The maximum Gasteiger partial charge on any atom is 0.328 e. The fourth-order valence-electron chi connectivity index (χ4n) is 0.569. The SMILES string of the molecule is O=C(O)/C=C\c1cc(Br)cs1. The molecule has 0 spiro atoms. The molecule has 0 atom stereocenters. The van der Waals surface area contributed by atoms with Crippen molar-refractivity contribution in [2.75, 3.05) is 0 Å². The van der Waals surface area contributed by atoms with Crippen LogP contribution in [0.15, 0.2) is 22.0 Å². The highest BCUT2D eigenvalue weighted by atomic mass is 79.9. The number of aliphatic carboxylic acids is 1. The van der Waals surface area contributed by atoms with Gasteiger partial charge in [-0.3, -0.25) is 0 Å². The van der Waals surface area contributed by atoms with Crippen molar-refractivity contribution in [2.45, 2.75) is 0 Å². The molecule has 2 nitrogen and oxygen atoms in total. The monoisotopic (exact) mass is 232 g/mol. The molecule has 0 aliphatic rings. The van der Waals surface area contributed by atoms with Gasteiger partial charge in [0.25, 0.3) is 0 Å². The van der Waals surface area contributed by atoms with E-state index in [0.29, 0.717) is 0 Å². The number of halogens is 1. The third-order valence-corrected chi connectivity index (χ3v) is 2.64. The third kappa shape index (κ3) is 2.86. The summed E-state index contributed by atoms with van der Waals surface area (Å²) in [7, 11) is 0. The van der Waals surface area contributed by atoms with Crippen molar-refractivity contribution in [2.24, 2.45) is 0 Å². The lowest BCUT2D eigenvalue weighted by atomic mass is 10.4. The molecule has 1 aromatic heterocycles. The molecule has 0 aromatic carbocycles. The number of carboxylic acid groups (broad SMARTS) is 1. The molecule has 0 aliphatic heterocycles. The molecule has 1 aromatic rings. The fraction of sp³-hybridized carbons (Fsp3) is 0. The lowest BCUT2D eigenvalue weighted by Crippen LogP contribution is -1.84. The van der Waals surface area contributed by atoms with Crippen molar-refractivity contribution in [1.29, 1.82) is 0 Å². The van der Waals surface area contributed by atoms with Crippen molar-refractivity contribution in [3.05, 3.63) is 26.9 Å². The van der Waals surface area contributed by atoms with E-state index in [9.17, 15) is 4.79 Å². The van der Waals surface area contributed by atoms with Gasteiger partial charge in [-0.05, 0) is 28.1 Å². The smallest absolute Gasteiger partial charge is 0.328 e. The van der Waals surface area contributed by atoms with Crippen LogP contribution in [0.1, 0.15) is 4.88 Å². The molecule has 0 saturated carbocycles. The van der Waals surface area contributed by atoms with Gasteiger partial charge in [-0.2, -0.15) is 0 Å². The fourth-order valence-corrected chi connectivity index (χ4v) is 1.91. The Balaban J connectivity index is 2.71. The minimum Gasteiger partial charge on any atom is -0.478 e. The summed E-state index contributed by atoms with van der Waals surface area (Å²) in [5.41, 5.74) is 0. The minimum absolute atomic E-state index is 0.922. The zero-order valence-corrected chi connectivity index (χ0v) is 7.85. The number of rotatable bonds is 2. The molecule has 0 aliphatic carbocycles. The molecule has 0 unspecified atom stereocenters. The van der Waals surface area contributed by atoms with E-state index in [2.05, 4.69) is 15.9 Å². The van der Waals surface area contributed by atoms with Gasteiger partial charge in [0.1, 0.15) is 0 Å². The van der Waals surface area contributed by atoms with Crippen molar-refractivity contribution in [1.82, 2.24) is 0 Å². The maximum absolute atomic E-state index is 10.1. The van der Waals surface area contributed by atoms with Gasteiger partial charge < -0.3 is 5.11 Å². The van der Waals surface area contributed by atoms with Gasteiger partial charge >= 0.3 is 5.97 Å². The molecule has 0 bridgehead atoms. The van der Waals surface area contributed by atoms with Crippen molar-refractivity contribution in [3.8, 4) is 0 Å². The molecule has 4 heteroatoms. The molecule has 1 rings (SSSR count). The number of hydrogen-bond acceptors (Lipinski definition) is 2. The van der Waals surface area contributed by atoms with Gasteiger partial charge in [0.2, 0.25) is 0 Å². The van der Waals surface area contributed by atoms with Gasteiger partial charge in [-0.1, -0.05) is 0 Å². The second kappa shape index (κ2) is 3.69. The van der Waals surface area contributed by atoms with E-state index in [1.807, 2.05) is 11.4 Å². The summed E-state index contributed by atoms with van der Waals surface area (Å²) in [4.78, 5) is 11.0. The first kappa shape index (κ1) is 8.49. The first-order chi connectivity index (χ1) is 5.18. The van der Waals surface area contributed by atoms with Crippen LogP contribution in [-0.2, 0) is 4.79 Å². The molecule has 1 heterocycles. The van der Waals surface area contributed by atoms with Crippen molar-refractivity contribution in [3.63, 3.8) is 0 Å². The highest BCUT2D eigenvalue weighted by molar-refractivity contribution is 9.10. The van der Waals surface area contributed by atoms with E-state index in [1.165, 1.54) is 11.3 Å². The van der Waals surface area contributed by atoms with E-state index in [1.54, 1.807) is 6.08 Å². The summed E-state index contributed by atoms with van der Waals surface area (Å²) >= 11 is 4.76. The standard InChI is InChI=1S/C7H5BrO2S/c8-5-3-6(11-4-5)1-2-7(9)10/h1-4H,(H,9,10)/b2-1-. The second-order valence-electron chi connectivity index (χ2n) is 1.84. The van der Waals surface area contributed by atoms with Crippen molar-refractivity contribution < 1.29 is 9.90 Å². The number of carbonyl (C=O) groups is 1. The molecule has 0 saturated heterocycles. The lowest BCUT2D eigenvalue weighted by Gasteiger charge is -1.79. The number of carboxylic acids is 1. The Kier molecular flexibility index (Phi) is 2.84. The average Bonchev–Trinajstić information content (AvgIpc) is 2.31. The van der Waals surface area contributed by atoms with Crippen LogP contribution in [-0.4, -0.2) is 11.1 Å². The van der Waals surface area contributed by atoms with Crippen LogP contribution in [0.2, 0.25) is 0 Å². The van der Waals surface area contributed by atoms with Gasteiger partial charge in [0, 0.05) is 20.8 Å². The van der Waals surface area contributed by atoms with Crippen LogP contribution in [0.5, 0.6) is 0 Å². The van der Waals surface area contributed by atoms with Crippen LogP contribution in [0.4, 0.5) is 0 Å². The van der Waals surface area contributed by atoms with E-state index in [-0.39, 0.29) is 0 Å². The zero-order chi connectivity index (χ0) is 8.27. The summed E-state index contributed by atoms with van der Waals surface area (Å²) in [6.07, 6.45) is 2.69. The van der Waals surface area contributed by atoms with E-state index >= 15 is 0 Å². The van der Waals surface area contributed by atoms with Gasteiger partial charge in [-0.15, -0.1) is 11.3 Å². The Labute approximate surface area is 76.3 Å². The predicted octanol–water partition coefficient (Wildman–Crippen LogP) is 2.61. The second-order valence-corrected chi connectivity index (χ2v) is 3.70. The Bertz CT molecular complexity index is 290. The molecule has 0 radical (unpaired) electrons. The van der Waals surface area contributed by atoms with Crippen LogP contribution >= 0.6 is 27.3 Å². The number of thiophene rings is 1. The van der Waals surface area contributed by atoms with E-state index in [0.717, 1.165) is 15.4 Å². The molecule has 0 amide bonds. The van der Waals surface area contributed by atoms with E-state index < -0.39 is 5.97 Å². The topological polar surface area (TPSA) is 37.3 Å². The highest BCUT2D eigenvalue weighted by Crippen LogP contribution is 2.20. The molecule has 0 fully saturated rings. The largest absolute Gasteiger partial charge is 0.478 e. The van der Waals surface area contributed by atoms with Crippen LogP contribution in [0.3, 0.4) is 0 Å². The van der Waals surface area contributed by atoms with Crippen LogP contribution in [0.25, 0.3) is 6.08 Å². The molecular formula is C7H5BrO2S. The number of hydrogen-bond donors (Lipinski definition) is 1. The van der Waals surface area contributed by atoms with E-state index in [4.69, 9.17) is 5.11 Å². The molecular weight excluding hydrogens is 228 g/mol. The Hall–Kier alpha value is -0.610. The summed E-state index contributed by atoms with van der Waals surface area (Å²) in [5.74, 6) is -0.922. The minimum atomic E-state index is -0.922. The van der Waals surface area contributed by atoms with Crippen molar-refractivity contribution >= 4 is 39.3 Å². The summed E-state index contributed by atoms with van der Waals surface area (Å²) in [6.45, 7) is 0. The van der Waals surface area contributed by atoms with Gasteiger partial charge in [-0.25, -0.2) is 4.79 Å². The van der Waals surface area contributed by atoms with Crippen LogP contribution < -0.4 is 0 Å². The average molecular weight is 233 g/mol. The predicted molar refractivity (Wildman–Crippen MR) is 48.7 cm³/mol. The normalized spacial score (nSPS) is 10.6. The summed E-state index contributed by atoms with van der Waals surface area (Å²) in [5, 5.41) is 10.2. The Morgan fingerprint density at radius 3 is 2.91 bits per heavy atom. The van der Waals surface area contributed by atoms with Gasteiger partial charge in [0.05, 0.1) is 0 Å². The summed E-state index contributed by atoms with van der Waals surface area (Å²) < 4.78 is 0.979. The third-order valence-electron chi connectivity index (χ3n) is 0.978. The maximum atomic E-state index is 10.1. The molecule has 1 N–H and O–H groups in total. The molecule has 58 valence electrons. The Morgan fingerprint density at radius 1 is 1.73 bits per heavy atom. The highest BCUT2D eigenvalue weighted by Gasteiger charge is 1.92. The first-order valence-electron chi connectivity index (χ1n) is 2.83. The van der Waals surface area contributed by atoms with Gasteiger partial charge in [0.15, 0.2) is 0 Å². The Morgan fingerprint density at radius 2 is 2.45 bits per heavy atom. The first-order valence-corrected chi connectivity index (χ1v) is 4.51.